The Hall–Kier alpha value is -2.47. The first-order valence-electron chi connectivity index (χ1n) is 8.72. The van der Waals surface area contributed by atoms with Gasteiger partial charge >= 0.3 is 6.61 Å². The van der Waals surface area contributed by atoms with Crippen LogP contribution in [0.5, 0.6) is 5.75 Å². The zero-order chi connectivity index (χ0) is 18.4. The highest BCUT2D eigenvalue weighted by Crippen LogP contribution is 2.18. The van der Waals surface area contributed by atoms with Crippen molar-refractivity contribution in [3.63, 3.8) is 0 Å². The minimum absolute atomic E-state index is 0.00680. The van der Waals surface area contributed by atoms with Gasteiger partial charge < -0.3 is 9.64 Å². The molecular weight excluding hydrogens is 338 g/mol. The van der Waals surface area contributed by atoms with Gasteiger partial charge in [0.05, 0.1) is 0 Å². The maximum absolute atomic E-state index is 12.6. The largest absolute Gasteiger partial charge is 0.435 e. The third-order valence-corrected chi connectivity index (χ3v) is 4.53. The predicted molar refractivity (Wildman–Crippen MR) is 95.6 cm³/mol. The lowest BCUT2D eigenvalue weighted by atomic mass is 10.1. The number of carbonyl (C=O) groups is 1. The summed E-state index contributed by atoms with van der Waals surface area (Å²) in [5.74, 6) is -0.139. The van der Waals surface area contributed by atoms with Crippen LogP contribution in [0.25, 0.3) is 0 Å². The van der Waals surface area contributed by atoms with Crippen LogP contribution in [0.2, 0.25) is 0 Å². The van der Waals surface area contributed by atoms with E-state index < -0.39 is 6.61 Å². The first kappa shape index (κ1) is 18.3. The highest BCUT2D eigenvalue weighted by Gasteiger charge is 2.22. The van der Waals surface area contributed by atoms with Crippen LogP contribution in [-0.2, 0) is 6.42 Å². The number of ether oxygens (including phenoxy) is 1. The summed E-state index contributed by atoms with van der Waals surface area (Å²) in [7, 11) is 0. The fraction of sp³-hybridized carbons (Fsp3) is 0.350. The summed E-state index contributed by atoms with van der Waals surface area (Å²) in [6.07, 6.45) is 0.988. The van der Waals surface area contributed by atoms with E-state index in [2.05, 4.69) is 21.8 Å². The van der Waals surface area contributed by atoms with Crippen molar-refractivity contribution in [3.8, 4) is 5.75 Å². The molecule has 4 nitrogen and oxygen atoms in total. The fourth-order valence-electron chi connectivity index (χ4n) is 3.09. The number of hydrogen-bond acceptors (Lipinski definition) is 3. The number of benzene rings is 2. The normalized spacial score (nSPS) is 15.3. The van der Waals surface area contributed by atoms with Crippen LogP contribution in [0.15, 0.2) is 54.6 Å². The summed E-state index contributed by atoms with van der Waals surface area (Å²) in [6.45, 7) is 0.955. The van der Waals surface area contributed by atoms with Gasteiger partial charge in [0.1, 0.15) is 5.75 Å². The minimum atomic E-state index is -2.89. The number of alkyl halides is 2. The second-order valence-electron chi connectivity index (χ2n) is 6.28. The Bertz CT molecular complexity index is 717. The summed E-state index contributed by atoms with van der Waals surface area (Å²) < 4.78 is 29.0. The van der Waals surface area contributed by atoms with Gasteiger partial charge in [-0.3, -0.25) is 9.69 Å². The number of nitrogens with zero attached hydrogens (tertiary/aromatic N) is 2. The Labute approximate surface area is 152 Å². The van der Waals surface area contributed by atoms with Crippen LogP contribution in [0.4, 0.5) is 8.78 Å². The smallest absolute Gasteiger partial charge is 0.387 e. The topological polar surface area (TPSA) is 32.8 Å². The molecule has 0 spiro atoms. The second kappa shape index (κ2) is 8.76. The highest BCUT2D eigenvalue weighted by molar-refractivity contribution is 5.94. The van der Waals surface area contributed by atoms with Crippen molar-refractivity contribution in [2.24, 2.45) is 0 Å². The van der Waals surface area contributed by atoms with E-state index in [1.807, 2.05) is 18.2 Å². The van der Waals surface area contributed by atoms with Crippen LogP contribution < -0.4 is 4.74 Å². The van der Waals surface area contributed by atoms with Gasteiger partial charge in [0.15, 0.2) is 0 Å². The number of amides is 1. The number of halogens is 2. The van der Waals surface area contributed by atoms with E-state index in [1.165, 1.54) is 17.7 Å². The van der Waals surface area contributed by atoms with E-state index in [9.17, 15) is 13.6 Å². The van der Waals surface area contributed by atoms with Crippen molar-refractivity contribution in [1.29, 1.82) is 0 Å². The molecule has 0 aliphatic carbocycles. The average Bonchev–Trinajstić information content (AvgIpc) is 2.67. The minimum Gasteiger partial charge on any atom is -0.435 e. The molecule has 0 aromatic heterocycles. The molecule has 1 fully saturated rings. The van der Waals surface area contributed by atoms with Gasteiger partial charge in [-0.1, -0.05) is 36.4 Å². The predicted octanol–water partition coefficient (Wildman–Crippen LogP) is 3.29. The van der Waals surface area contributed by atoms with Gasteiger partial charge in [0.2, 0.25) is 0 Å². The van der Waals surface area contributed by atoms with E-state index in [1.54, 1.807) is 17.0 Å². The second-order valence-corrected chi connectivity index (χ2v) is 6.28. The van der Waals surface area contributed by atoms with E-state index in [-0.39, 0.29) is 11.7 Å². The van der Waals surface area contributed by atoms with Crippen LogP contribution in [0, 0.1) is 0 Å². The van der Waals surface area contributed by atoms with Crippen LogP contribution in [0.3, 0.4) is 0 Å². The first-order chi connectivity index (χ1) is 12.6. The number of rotatable bonds is 6. The van der Waals surface area contributed by atoms with Gasteiger partial charge in [0, 0.05) is 38.3 Å². The molecule has 1 saturated heterocycles. The van der Waals surface area contributed by atoms with Gasteiger partial charge in [-0.25, -0.2) is 0 Å². The Morgan fingerprint density at radius 1 is 1.00 bits per heavy atom. The van der Waals surface area contributed by atoms with E-state index in [0.29, 0.717) is 18.7 Å². The molecule has 0 N–H and O–H groups in total. The molecule has 0 atom stereocenters. The fourth-order valence-corrected chi connectivity index (χ4v) is 3.09. The molecule has 3 rings (SSSR count). The molecule has 1 aliphatic heterocycles. The lowest BCUT2D eigenvalue weighted by Gasteiger charge is -2.34. The zero-order valence-electron chi connectivity index (χ0n) is 14.5. The molecule has 1 aliphatic rings. The van der Waals surface area contributed by atoms with Crippen molar-refractivity contribution in [2.45, 2.75) is 13.0 Å². The molecule has 26 heavy (non-hydrogen) atoms. The molecule has 0 bridgehead atoms. The van der Waals surface area contributed by atoms with Crippen LogP contribution in [0.1, 0.15) is 15.9 Å². The van der Waals surface area contributed by atoms with Crippen LogP contribution >= 0.6 is 0 Å². The van der Waals surface area contributed by atoms with Gasteiger partial charge in [-0.15, -0.1) is 0 Å². The number of hydrogen-bond donors (Lipinski definition) is 0. The SMILES string of the molecule is O=C(c1cccc(OC(F)F)c1)N1CCN(CCc2ccccc2)CC1. The van der Waals surface area contributed by atoms with Crippen molar-refractivity contribution in [3.05, 3.63) is 65.7 Å². The summed E-state index contributed by atoms with van der Waals surface area (Å²) >= 11 is 0. The van der Waals surface area contributed by atoms with Gasteiger partial charge in [0.25, 0.3) is 5.91 Å². The van der Waals surface area contributed by atoms with Crippen molar-refractivity contribution < 1.29 is 18.3 Å². The molecule has 0 unspecified atom stereocenters. The summed E-state index contributed by atoms with van der Waals surface area (Å²) in [5, 5.41) is 0. The lowest BCUT2D eigenvalue weighted by Crippen LogP contribution is -2.49. The van der Waals surface area contributed by atoms with Gasteiger partial charge in [-0.05, 0) is 30.2 Å². The highest BCUT2D eigenvalue weighted by atomic mass is 19.3. The van der Waals surface area contributed by atoms with E-state index in [0.717, 1.165) is 26.1 Å². The summed E-state index contributed by atoms with van der Waals surface area (Å²) in [5.41, 5.74) is 1.68. The molecule has 6 heteroatoms. The quantitative estimate of drug-likeness (QED) is 0.793. The van der Waals surface area contributed by atoms with Crippen molar-refractivity contribution in [2.75, 3.05) is 32.7 Å². The van der Waals surface area contributed by atoms with Crippen molar-refractivity contribution in [1.82, 2.24) is 9.80 Å². The third kappa shape index (κ3) is 5.02. The average molecular weight is 360 g/mol. The Kier molecular flexibility index (Phi) is 6.17. The zero-order valence-corrected chi connectivity index (χ0v) is 14.5. The van der Waals surface area contributed by atoms with Crippen molar-refractivity contribution >= 4 is 5.91 Å². The third-order valence-electron chi connectivity index (χ3n) is 4.53. The molecule has 2 aromatic carbocycles. The van der Waals surface area contributed by atoms with Crippen LogP contribution in [-0.4, -0.2) is 55.0 Å². The molecule has 2 aromatic rings. The number of carbonyl (C=O) groups excluding carboxylic acids is 1. The standard InChI is InChI=1S/C20H22F2N2O2/c21-20(22)26-18-8-4-7-17(15-18)19(25)24-13-11-23(12-14-24)10-9-16-5-2-1-3-6-16/h1-8,15,20H,9-14H2. The molecule has 1 amide bonds. The summed E-state index contributed by atoms with van der Waals surface area (Å²) in [4.78, 5) is 16.7. The monoisotopic (exact) mass is 360 g/mol. The first-order valence-corrected chi connectivity index (χ1v) is 8.72. The molecular formula is C20H22F2N2O2. The Balaban J connectivity index is 1.50. The molecule has 0 saturated carbocycles. The Morgan fingerprint density at radius 3 is 2.42 bits per heavy atom. The summed E-state index contributed by atoms with van der Waals surface area (Å²) in [6, 6.07) is 16.3. The maximum atomic E-state index is 12.6. The molecule has 1 heterocycles. The van der Waals surface area contributed by atoms with E-state index in [4.69, 9.17) is 0 Å². The maximum Gasteiger partial charge on any atom is 0.387 e. The van der Waals surface area contributed by atoms with Gasteiger partial charge in [-0.2, -0.15) is 8.78 Å². The Morgan fingerprint density at radius 2 is 1.73 bits per heavy atom. The number of piperazine rings is 1. The lowest BCUT2D eigenvalue weighted by molar-refractivity contribution is -0.0499. The molecule has 0 radical (unpaired) electrons. The van der Waals surface area contributed by atoms with E-state index >= 15 is 0 Å². The molecule has 138 valence electrons.